The average molecular weight is 153 g/mol. The van der Waals surface area contributed by atoms with Crippen molar-refractivity contribution in [3.8, 4) is 0 Å². The van der Waals surface area contributed by atoms with Gasteiger partial charge < -0.3 is 9.67 Å². The predicted octanol–water partition coefficient (Wildman–Crippen LogP) is -0.167. The first kappa shape index (κ1) is 6.79. The van der Waals surface area contributed by atoms with Crippen LogP contribution in [0.15, 0.2) is 6.33 Å². The molecule has 0 aliphatic carbocycles. The number of aryl methyl sites for hydroxylation is 1. The highest BCUT2D eigenvalue weighted by Gasteiger charge is 2.18. The Kier molecular flexibility index (Phi) is 1.62. The number of rotatable bonds is 1. The minimum Gasteiger partial charge on any atom is -0.396 e. The maximum absolute atomic E-state index is 8.90. The van der Waals surface area contributed by atoms with Gasteiger partial charge >= 0.3 is 0 Å². The van der Waals surface area contributed by atoms with Gasteiger partial charge in [-0.05, 0) is 12.3 Å². The largest absolute Gasteiger partial charge is 0.396 e. The Morgan fingerprint density at radius 2 is 2.64 bits per heavy atom. The molecule has 1 aromatic rings. The standard InChI is InChI=1S/C7H11N3O/c11-4-6-1-2-10-5-8-9-7(10)3-6/h5-6,11H,1-4H2. The molecular weight excluding hydrogens is 142 g/mol. The van der Waals surface area contributed by atoms with Gasteiger partial charge in [-0.3, -0.25) is 0 Å². The fourth-order valence-electron chi connectivity index (χ4n) is 1.46. The molecule has 1 atom stereocenters. The fraction of sp³-hybridized carbons (Fsp3) is 0.714. The van der Waals surface area contributed by atoms with E-state index in [-0.39, 0.29) is 6.61 Å². The van der Waals surface area contributed by atoms with Gasteiger partial charge in [0, 0.05) is 19.6 Å². The molecule has 0 saturated carbocycles. The summed E-state index contributed by atoms with van der Waals surface area (Å²) in [7, 11) is 0. The fourth-order valence-corrected chi connectivity index (χ4v) is 1.46. The quantitative estimate of drug-likeness (QED) is 0.609. The van der Waals surface area contributed by atoms with Crippen LogP contribution in [0.5, 0.6) is 0 Å². The predicted molar refractivity (Wildman–Crippen MR) is 38.9 cm³/mol. The number of aliphatic hydroxyl groups is 1. The molecule has 0 fully saturated rings. The summed E-state index contributed by atoms with van der Waals surface area (Å²) in [5, 5.41) is 16.7. The molecule has 0 spiro atoms. The minimum atomic E-state index is 0.271. The molecule has 60 valence electrons. The molecule has 1 unspecified atom stereocenters. The van der Waals surface area contributed by atoms with Crippen LogP contribution in [0.25, 0.3) is 0 Å². The lowest BCUT2D eigenvalue weighted by Gasteiger charge is -2.19. The van der Waals surface area contributed by atoms with Crippen molar-refractivity contribution < 1.29 is 5.11 Å². The summed E-state index contributed by atoms with van der Waals surface area (Å²) in [6.45, 7) is 1.22. The van der Waals surface area contributed by atoms with Gasteiger partial charge in [0.1, 0.15) is 12.2 Å². The summed E-state index contributed by atoms with van der Waals surface area (Å²) in [6.07, 6.45) is 3.67. The van der Waals surface area contributed by atoms with Gasteiger partial charge in [0.05, 0.1) is 0 Å². The van der Waals surface area contributed by atoms with Gasteiger partial charge in [-0.25, -0.2) is 0 Å². The molecule has 4 heteroatoms. The first-order valence-corrected chi connectivity index (χ1v) is 3.87. The third-order valence-electron chi connectivity index (χ3n) is 2.20. The number of fused-ring (bicyclic) bond motifs is 1. The number of aliphatic hydroxyl groups excluding tert-OH is 1. The maximum Gasteiger partial charge on any atom is 0.133 e. The van der Waals surface area contributed by atoms with Crippen LogP contribution >= 0.6 is 0 Å². The van der Waals surface area contributed by atoms with E-state index in [4.69, 9.17) is 5.11 Å². The van der Waals surface area contributed by atoms with Crippen molar-refractivity contribution in [2.24, 2.45) is 5.92 Å². The molecule has 0 saturated heterocycles. The van der Waals surface area contributed by atoms with Crippen molar-refractivity contribution in [2.75, 3.05) is 6.61 Å². The molecule has 2 rings (SSSR count). The van der Waals surface area contributed by atoms with Crippen LogP contribution in [0, 0.1) is 5.92 Å². The SMILES string of the molecule is OCC1CCn2cnnc2C1. The van der Waals surface area contributed by atoms with Crippen LogP contribution in [-0.2, 0) is 13.0 Å². The Hall–Kier alpha value is -0.900. The van der Waals surface area contributed by atoms with E-state index in [2.05, 4.69) is 10.2 Å². The maximum atomic E-state index is 8.90. The van der Waals surface area contributed by atoms with Crippen LogP contribution in [0.4, 0.5) is 0 Å². The molecule has 0 amide bonds. The summed E-state index contributed by atoms with van der Waals surface area (Å²) < 4.78 is 2.05. The first-order valence-electron chi connectivity index (χ1n) is 3.87. The molecule has 11 heavy (non-hydrogen) atoms. The second-order valence-electron chi connectivity index (χ2n) is 2.98. The van der Waals surface area contributed by atoms with Crippen LogP contribution in [0.1, 0.15) is 12.2 Å². The van der Waals surface area contributed by atoms with Crippen molar-refractivity contribution in [1.82, 2.24) is 14.8 Å². The van der Waals surface area contributed by atoms with Gasteiger partial charge in [-0.1, -0.05) is 0 Å². The van der Waals surface area contributed by atoms with E-state index >= 15 is 0 Å². The van der Waals surface area contributed by atoms with E-state index in [0.29, 0.717) is 5.92 Å². The van der Waals surface area contributed by atoms with Crippen molar-refractivity contribution in [1.29, 1.82) is 0 Å². The van der Waals surface area contributed by atoms with E-state index < -0.39 is 0 Å². The van der Waals surface area contributed by atoms with Gasteiger partial charge in [-0.15, -0.1) is 10.2 Å². The Bertz CT molecular complexity index is 246. The lowest BCUT2D eigenvalue weighted by atomic mass is 9.99. The minimum absolute atomic E-state index is 0.271. The molecule has 1 aliphatic heterocycles. The zero-order valence-electron chi connectivity index (χ0n) is 6.27. The number of nitrogens with zero attached hydrogens (tertiary/aromatic N) is 3. The average Bonchev–Trinajstić information content (AvgIpc) is 2.50. The first-order chi connectivity index (χ1) is 5.40. The molecule has 0 bridgehead atoms. The van der Waals surface area contributed by atoms with E-state index in [1.54, 1.807) is 6.33 Å². The molecule has 1 aromatic heterocycles. The zero-order chi connectivity index (χ0) is 7.68. The number of hydrogen-bond donors (Lipinski definition) is 1. The van der Waals surface area contributed by atoms with Crippen molar-refractivity contribution >= 4 is 0 Å². The number of aromatic nitrogens is 3. The Labute approximate surface area is 64.9 Å². The van der Waals surface area contributed by atoms with Gasteiger partial charge in [-0.2, -0.15) is 0 Å². The van der Waals surface area contributed by atoms with Crippen LogP contribution < -0.4 is 0 Å². The van der Waals surface area contributed by atoms with Gasteiger partial charge in [0.2, 0.25) is 0 Å². The van der Waals surface area contributed by atoms with E-state index in [1.807, 2.05) is 4.57 Å². The van der Waals surface area contributed by atoms with E-state index in [0.717, 1.165) is 25.2 Å². The monoisotopic (exact) mass is 153 g/mol. The molecule has 2 heterocycles. The highest BCUT2D eigenvalue weighted by Crippen LogP contribution is 2.16. The molecule has 0 aromatic carbocycles. The van der Waals surface area contributed by atoms with Gasteiger partial charge in [0.25, 0.3) is 0 Å². The van der Waals surface area contributed by atoms with Crippen molar-refractivity contribution in [3.63, 3.8) is 0 Å². The molecule has 0 radical (unpaired) electrons. The Balaban J connectivity index is 2.18. The molecule has 1 N–H and O–H groups in total. The highest BCUT2D eigenvalue weighted by atomic mass is 16.3. The lowest BCUT2D eigenvalue weighted by Crippen LogP contribution is -2.21. The highest BCUT2D eigenvalue weighted by molar-refractivity contribution is 4.91. The normalized spacial score (nSPS) is 23.2. The second-order valence-corrected chi connectivity index (χ2v) is 2.98. The molecular formula is C7H11N3O. The number of hydrogen-bond acceptors (Lipinski definition) is 3. The van der Waals surface area contributed by atoms with E-state index in [9.17, 15) is 0 Å². The second kappa shape index (κ2) is 2.62. The Morgan fingerprint density at radius 1 is 1.73 bits per heavy atom. The zero-order valence-corrected chi connectivity index (χ0v) is 6.27. The summed E-state index contributed by atoms with van der Waals surface area (Å²) in [4.78, 5) is 0. The summed E-state index contributed by atoms with van der Waals surface area (Å²) in [5.41, 5.74) is 0. The lowest BCUT2D eigenvalue weighted by molar-refractivity contribution is 0.199. The van der Waals surface area contributed by atoms with Gasteiger partial charge in [0.15, 0.2) is 0 Å². The molecule has 4 nitrogen and oxygen atoms in total. The van der Waals surface area contributed by atoms with Crippen LogP contribution in [0.2, 0.25) is 0 Å². The third-order valence-corrected chi connectivity index (χ3v) is 2.20. The summed E-state index contributed by atoms with van der Waals surface area (Å²) in [5.74, 6) is 1.40. The molecule has 1 aliphatic rings. The topological polar surface area (TPSA) is 50.9 Å². The van der Waals surface area contributed by atoms with Crippen LogP contribution in [0.3, 0.4) is 0 Å². The van der Waals surface area contributed by atoms with Crippen molar-refractivity contribution in [2.45, 2.75) is 19.4 Å². The smallest absolute Gasteiger partial charge is 0.133 e. The summed E-state index contributed by atoms with van der Waals surface area (Å²) >= 11 is 0. The van der Waals surface area contributed by atoms with Crippen molar-refractivity contribution in [3.05, 3.63) is 12.2 Å². The van der Waals surface area contributed by atoms with E-state index in [1.165, 1.54) is 0 Å². The third kappa shape index (κ3) is 1.14. The Morgan fingerprint density at radius 3 is 3.45 bits per heavy atom. The summed E-state index contributed by atoms with van der Waals surface area (Å²) in [6, 6.07) is 0. The van der Waals surface area contributed by atoms with Crippen LogP contribution in [-0.4, -0.2) is 26.5 Å².